The van der Waals surface area contributed by atoms with Gasteiger partial charge < -0.3 is 0 Å². The van der Waals surface area contributed by atoms with Crippen LogP contribution in [-0.2, 0) is 30.6 Å². The van der Waals surface area contributed by atoms with Gasteiger partial charge in [-0.05, 0) is 25.0 Å². The predicted octanol–water partition coefficient (Wildman–Crippen LogP) is 2.38. The second-order valence-corrected chi connectivity index (χ2v) is 7.50. The first-order chi connectivity index (χ1) is 14.7. The Kier molecular flexibility index (Phi) is 5.52. The molecule has 0 spiro atoms. The monoisotopic (exact) mass is 433 g/mol. The van der Waals surface area contributed by atoms with Crippen LogP contribution in [0.15, 0.2) is 36.7 Å². The van der Waals surface area contributed by atoms with E-state index in [4.69, 9.17) is 0 Å². The molecule has 11 heteroatoms. The number of rotatable bonds is 5. The van der Waals surface area contributed by atoms with Crippen molar-refractivity contribution in [2.45, 2.75) is 45.2 Å². The molecule has 0 unspecified atom stereocenters. The van der Waals surface area contributed by atoms with Crippen LogP contribution in [0.5, 0.6) is 0 Å². The SMILES string of the molecule is Cc1cc2n(n1)CC[C@H](NCc1ncn(Cc3ccccc3C(F)(F)F)n1)C(=O)N2C. The maximum absolute atomic E-state index is 13.2. The number of carbonyl (C=O) groups excluding carboxylic acids is 1. The van der Waals surface area contributed by atoms with Crippen molar-refractivity contribution in [2.75, 3.05) is 11.9 Å². The van der Waals surface area contributed by atoms with Crippen molar-refractivity contribution in [1.29, 1.82) is 0 Å². The van der Waals surface area contributed by atoms with Crippen LogP contribution in [0, 0.1) is 6.92 Å². The highest BCUT2D eigenvalue weighted by Gasteiger charge is 2.33. The average molecular weight is 433 g/mol. The van der Waals surface area contributed by atoms with Crippen molar-refractivity contribution in [1.82, 2.24) is 29.9 Å². The number of benzene rings is 1. The first-order valence-electron chi connectivity index (χ1n) is 9.81. The summed E-state index contributed by atoms with van der Waals surface area (Å²) in [5.41, 5.74) is 0.276. The molecule has 31 heavy (non-hydrogen) atoms. The Morgan fingerprint density at radius 1 is 1.23 bits per heavy atom. The van der Waals surface area contributed by atoms with E-state index in [0.29, 0.717) is 18.8 Å². The van der Waals surface area contributed by atoms with Crippen molar-refractivity contribution in [3.05, 3.63) is 59.3 Å². The summed E-state index contributed by atoms with van der Waals surface area (Å²) >= 11 is 0. The third-order valence-electron chi connectivity index (χ3n) is 5.23. The standard InChI is InChI=1S/C20H22F3N7O/c1-13-9-18-28(2)19(31)16(7-8-30(18)26-13)24-10-17-25-12-29(27-17)11-14-5-3-4-6-15(14)20(21,22)23/h3-6,9,12,16,24H,7-8,10-11H2,1-2H3/t16-/m0/s1. The highest BCUT2D eigenvalue weighted by Crippen LogP contribution is 2.32. The van der Waals surface area contributed by atoms with E-state index in [2.05, 4.69) is 20.5 Å². The zero-order chi connectivity index (χ0) is 22.2. The second kappa shape index (κ2) is 8.14. The topological polar surface area (TPSA) is 80.9 Å². The van der Waals surface area contributed by atoms with Crippen LogP contribution in [0.4, 0.5) is 19.0 Å². The third-order valence-corrected chi connectivity index (χ3v) is 5.23. The molecule has 0 saturated heterocycles. The molecular formula is C20H22F3N7O. The molecule has 1 atom stereocenters. The number of aromatic nitrogens is 5. The Hall–Kier alpha value is -3.21. The van der Waals surface area contributed by atoms with E-state index < -0.39 is 17.8 Å². The molecule has 2 aromatic heterocycles. The van der Waals surface area contributed by atoms with Gasteiger partial charge in [-0.1, -0.05) is 18.2 Å². The van der Waals surface area contributed by atoms with Gasteiger partial charge in [0.2, 0.25) is 5.91 Å². The number of likely N-dealkylation sites (N-methyl/N-ethyl adjacent to an activating group) is 1. The van der Waals surface area contributed by atoms with E-state index >= 15 is 0 Å². The maximum atomic E-state index is 13.2. The summed E-state index contributed by atoms with van der Waals surface area (Å²) in [5.74, 6) is 1.06. The van der Waals surface area contributed by atoms with E-state index in [9.17, 15) is 18.0 Å². The van der Waals surface area contributed by atoms with E-state index in [1.165, 1.54) is 23.1 Å². The average Bonchev–Trinajstić information content (AvgIpc) is 3.30. The van der Waals surface area contributed by atoms with Crippen LogP contribution in [0.3, 0.4) is 0 Å². The fourth-order valence-electron chi connectivity index (χ4n) is 3.69. The Bertz CT molecular complexity index is 1090. The summed E-state index contributed by atoms with van der Waals surface area (Å²) in [6.07, 6.45) is -2.49. The number of amides is 1. The van der Waals surface area contributed by atoms with Crippen LogP contribution in [-0.4, -0.2) is 43.5 Å². The number of anilines is 1. The van der Waals surface area contributed by atoms with Crippen molar-refractivity contribution in [2.24, 2.45) is 0 Å². The number of alkyl halides is 3. The molecule has 1 aliphatic rings. The van der Waals surface area contributed by atoms with Crippen LogP contribution < -0.4 is 10.2 Å². The van der Waals surface area contributed by atoms with E-state index in [1.54, 1.807) is 22.7 Å². The van der Waals surface area contributed by atoms with Crippen molar-refractivity contribution < 1.29 is 18.0 Å². The Morgan fingerprint density at radius 3 is 2.77 bits per heavy atom. The second-order valence-electron chi connectivity index (χ2n) is 7.50. The largest absolute Gasteiger partial charge is 0.416 e. The lowest BCUT2D eigenvalue weighted by atomic mass is 10.1. The van der Waals surface area contributed by atoms with Gasteiger partial charge in [0.25, 0.3) is 0 Å². The summed E-state index contributed by atoms with van der Waals surface area (Å²) in [4.78, 5) is 18.5. The summed E-state index contributed by atoms with van der Waals surface area (Å²) in [6.45, 7) is 2.64. The number of hydrogen-bond donors (Lipinski definition) is 1. The summed E-state index contributed by atoms with van der Waals surface area (Å²) < 4.78 is 42.7. The Balaban J connectivity index is 1.40. The van der Waals surface area contributed by atoms with Crippen LogP contribution in [0.1, 0.15) is 29.1 Å². The number of nitrogens with one attached hydrogen (secondary N) is 1. The van der Waals surface area contributed by atoms with Gasteiger partial charge >= 0.3 is 6.18 Å². The molecular weight excluding hydrogens is 411 g/mol. The normalized spacial score (nSPS) is 17.0. The van der Waals surface area contributed by atoms with Gasteiger partial charge in [-0.25, -0.2) is 14.3 Å². The molecule has 164 valence electrons. The molecule has 1 amide bonds. The lowest BCUT2D eigenvalue weighted by Crippen LogP contribution is -2.44. The van der Waals surface area contributed by atoms with Crippen LogP contribution in [0.25, 0.3) is 0 Å². The fraction of sp³-hybridized carbons (Fsp3) is 0.400. The van der Waals surface area contributed by atoms with Gasteiger partial charge in [0.1, 0.15) is 12.1 Å². The van der Waals surface area contributed by atoms with Gasteiger partial charge in [0.05, 0.1) is 30.4 Å². The quantitative estimate of drug-likeness (QED) is 0.668. The third kappa shape index (κ3) is 4.46. The molecule has 3 aromatic rings. The molecule has 0 aliphatic carbocycles. The number of nitrogens with zero attached hydrogens (tertiary/aromatic N) is 6. The molecule has 4 rings (SSSR count). The fourth-order valence-corrected chi connectivity index (χ4v) is 3.69. The summed E-state index contributed by atoms with van der Waals surface area (Å²) in [6, 6.07) is 6.82. The Morgan fingerprint density at radius 2 is 2.00 bits per heavy atom. The summed E-state index contributed by atoms with van der Waals surface area (Å²) in [7, 11) is 1.71. The number of hydrogen-bond acceptors (Lipinski definition) is 5. The zero-order valence-corrected chi connectivity index (χ0v) is 17.1. The van der Waals surface area contributed by atoms with E-state index in [-0.39, 0.29) is 24.6 Å². The van der Waals surface area contributed by atoms with Gasteiger partial charge in [-0.15, -0.1) is 0 Å². The molecule has 1 aliphatic heterocycles. The molecule has 0 bridgehead atoms. The lowest BCUT2D eigenvalue weighted by Gasteiger charge is -2.20. The molecule has 8 nitrogen and oxygen atoms in total. The first kappa shape index (κ1) is 21.0. The first-order valence-corrected chi connectivity index (χ1v) is 9.81. The minimum absolute atomic E-state index is 0.0474. The number of fused-ring (bicyclic) bond motifs is 1. The van der Waals surface area contributed by atoms with Gasteiger partial charge in [-0.2, -0.15) is 23.4 Å². The minimum Gasteiger partial charge on any atom is -0.299 e. The number of halogens is 3. The van der Waals surface area contributed by atoms with Gasteiger partial charge in [0.15, 0.2) is 5.82 Å². The zero-order valence-electron chi connectivity index (χ0n) is 17.1. The number of aryl methyl sites for hydroxylation is 2. The molecule has 1 aromatic carbocycles. The van der Waals surface area contributed by atoms with Crippen molar-refractivity contribution >= 4 is 11.7 Å². The van der Waals surface area contributed by atoms with Crippen molar-refractivity contribution in [3.63, 3.8) is 0 Å². The highest BCUT2D eigenvalue weighted by molar-refractivity contribution is 5.96. The predicted molar refractivity (Wildman–Crippen MR) is 106 cm³/mol. The van der Waals surface area contributed by atoms with Gasteiger partial charge in [0, 0.05) is 19.7 Å². The smallest absolute Gasteiger partial charge is 0.299 e. The molecule has 1 N–H and O–H groups in total. The van der Waals surface area contributed by atoms with Crippen LogP contribution in [0.2, 0.25) is 0 Å². The van der Waals surface area contributed by atoms with E-state index in [0.717, 1.165) is 17.6 Å². The Labute approximate surface area is 176 Å². The molecule has 0 fully saturated rings. The summed E-state index contributed by atoms with van der Waals surface area (Å²) in [5, 5.41) is 11.8. The number of carbonyl (C=O) groups is 1. The maximum Gasteiger partial charge on any atom is 0.416 e. The molecule has 3 heterocycles. The molecule has 0 saturated carbocycles. The molecule has 0 radical (unpaired) electrons. The lowest BCUT2D eigenvalue weighted by molar-refractivity contribution is -0.138. The highest BCUT2D eigenvalue weighted by atomic mass is 19.4. The van der Waals surface area contributed by atoms with Gasteiger partial charge in [-0.3, -0.25) is 15.0 Å². The van der Waals surface area contributed by atoms with Crippen molar-refractivity contribution in [3.8, 4) is 0 Å². The minimum atomic E-state index is -4.43. The van der Waals surface area contributed by atoms with Crippen LogP contribution >= 0.6 is 0 Å². The van der Waals surface area contributed by atoms with E-state index in [1.807, 2.05) is 13.0 Å².